The zero-order valence-corrected chi connectivity index (χ0v) is 11.0. The van der Waals surface area contributed by atoms with E-state index >= 15 is 0 Å². The highest BCUT2D eigenvalue weighted by atomic mass is 35.5. The van der Waals surface area contributed by atoms with Crippen molar-refractivity contribution in [2.24, 2.45) is 0 Å². The predicted molar refractivity (Wildman–Crippen MR) is 69.5 cm³/mol. The summed E-state index contributed by atoms with van der Waals surface area (Å²) in [6.45, 7) is 7.65. The van der Waals surface area contributed by atoms with Gasteiger partial charge in [-0.1, -0.05) is 25.4 Å². The van der Waals surface area contributed by atoms with E-state index in [4.69, 9.17) is 21.6 Å². The molecule has 4 heteroatoms. The van der Waals surface area contributed by atoms with Crippen molar-refractivity contribution in [1.82, 2.24) is 4.90 Å². The summed E-state index contributed by atoms with van der Waals surface area (Å²) in [5.41, 5.74) is 0.522. The van der Waals surface area contributed by atoms with Crippen molar-refractivity contribution in [3.63, 3.8) is 0 Å². The molecule has 0 amide bonds. The van der Waals surface area contributed by atoms with E-state index in [1.54, 1.807) is 18.2 Å². The molecule has 0 aliphatic heterocycles. The molecule has 0 aliphatic rings. The monoisotopic (exact) mass is 252 g/mol. The molecule has 0 N–H and O–H groups in total. The van der Waals surface area contributed by atoms with Crippen LogP contribution in [0.4, 0.5) is 0 Å². The smallest absolute Gasteiger partial charge is 0.138 e. The third kappa shape index (κ3) is 4.26. The number of rotatable bonds is 6. The highest BCUT2D eigenvalue weighted by molar-refractivity contribution is 6.30. The second-order valence-corrected chi connectivity index (χ2v) is 4.06. The second kappa shape index (κ2) is 7.16. The molecule has 0 atom stereocenters. The van der Waals surface area contributed by atoms with Crippen LogP contribution in [-0.4, -0.2) is 31.1 Å². The molecular weight excluding hydrogens is 236 g/mol. The Balaban J connectivity index is 2.57. The first-order chi connectivity index (χ1) is 8.21. The van der Waals surface area contributed by atoms with Gasteiger partial charge in [-0.25, -0.2) is 0 Å². The Morgan fingerprint density at radius 2 is 2.06 bits per heavy atom. The Hall–Kier alpha value is -1.24. The predicted octanol–water partition coefficient (Wildman–Crippen LogP) is 2.93. The van der Waals surface area contributed by atoms with Crippen molar-refractivity contribution in [2.75, 3.05) is 26.2 Å². The van der Waals surface area contributed by atoms with Gasteiger partial charge < -0.3 is 9.64 Å². The molecule has 0 unspecified atom stereocenters. The van der Waals surface area contributed by atoms with E-state index in [0.29, 0.717) is 22.9 Å². The average Bonchev–Trinajstić information content (AvgIpc) is 2.35. The first-order valence-corrected chi connectivity index (χ1v) is 6.13. The maximum Gasteiger partial charge on any atom is 0.138 e. The van der Waals surface area contributed by atoms with Gasteiger partial charge >= 0.3 is 0 Å². The van der Waals surface area contributed by atoms with Crippen LogP contribution in [0.5, 0.6) is 5.75 Å². The first kappa shape index (κ1) is 13.8. The van der Waals surface area contributed by atoms with E-state index in [1.807, 2.05) is 0 Å². The largest absolute Gasteiger partial charge is 0.491 e. The minimum atomic E-state index is 0.522. The van der Waals surface area contributed by atoms with E-state index in [1.165, 1.54) is 0 Å². The van der Waals surface area contributed by atoms with Crippen molar-refractivity contribution in [1.29, 1.82) is 5.26 Å². The number of benzene rings is 1. The molecule has 0 heterocycles. The van der Waals surface area contributed by atoms with Gasteiger partial charge in [0.05, 0.1) is 5.56 Å². The summed E-state index contributed by atoms with van der Waals surface area (Å²) in [7, 11) is 0. The summed E-state index contributed by atoms with van der Waals surface area (Å²) < 4.78 is 5.59. The van der Waals surface area contributed by atoms with E-state index in [9.17, 15) is 0 Å². The van der Waals surface area contributed by atoms with Gasteiger partial charge in [-0.2, -0.15) is 5.26 Å². The van der Waals surface area contributed by atoms with Crippen molar-refractivity contribution in [3.8, 4) is 11.8 Å². The molecule has 1 rings (SSSR count). The Morgan fingerprint density at radius 1 is 1.35 bits per heavy atom. The summed E-state index contributed by atoms with van der Waals surface area (Å²) >= 11 is 5.87. The van der Waals surface area contributed by atoms with E-state index in [0.717, 1.165) is 19.6 Å². The van der Waals surface area contributed by atoms with Gasteiger partial charge in [0.25, 0.3) is 0 Å². The number of nitriles is 1. The van der Waals surface area contributed by atoms with Crippen molar-refractivity contribution >= 4 is 11.6 Å². The van der Waals surface area contributed by atoms with Crippen LogP contribution in [0.1, 0.15) is 19.4 Å². The number of hydrogen-bond donors (Lipinski definition) is 0. The Bertz CT molecular complexity index is 397. The first-order valence-electron chi connectivity index (χ1n) is 5.76. The third-order valence-corrected chi connectivity index (χ3v) is 2.86. The average molecular weight is 253 g/mol. The summed E-state index contributed by atoms with van der Waals surface area (Å²) in [5.74, 6) is 0.562. The number of nitrogens with zero attached hydrogens (tertiary/aromatic N) is 2. The molecule has 92 valence electrons. The molecule has 0 saturated carbocycles. The van der Waals surface area contributed by atoms with Crippen LogP contribution in [0.25, 0.3) is 0 Å². The lowest BCUT2D eigenvalue weighted by Crippen LogP contribution is -2.28. The normalized spacial score (nSPS) is 10.3. The SMILES string of the molecule is CCN(CC)CCOc1cc(Cl)ccc1C#N. The zero-order valence-electron chi connectivity index (χ0n) is 10.2. The summed E-state index contributed by atoms with van der Waals surface area (Å²) in [5, 5.41) is 9.51. The zero-order chi connectivity index (χ0) is 12.7. The highest BCUT2D eigenvalue weighted by Gasteiger charge is 2.05. The van der Waals surface area contributed by atoms with Gasteiger partial charge in [0.1, 0.15) is 18.4 Å². The fraction of sp³-hybridized carbons (Fsp3) is 0.462. The molecule has 0 saturated heterocycles. The van der Waals surface area contributed by atoms with Gasteiger partial charge in [-0.05, 0) is 25.2 Å². The lowest BCUT2D eigenvalue weighted by Gasteiger charge is -2.18. The quantitative estimate of drug-likeness (QED) is 0.781. The van der Waals surface area contributed by atoms with E-state index in [-0.39, 0.29) is 0 Å². The lowest BCUT2D eigenvalue weighted by atomic mass is 10.2. The van der Waals surface area contributed by atoms with E-state index in [2.05, 4.69) is 24.8 Å². The summed E-state index contributed by atoms with van der Waals surface area (Å²) in [6.07, 6.45) is 0. The minimum absolute atomic E-state index is 0.522. The van der Waals surface area contributed by atoms with Gasteiger partial charge in [0.15, 0.2) is 0 Å². The van der Waals surface area contributed by atoms with Gasteiger partial charge in [0.2, 0.25) is 0 Å². The fourth-order valence-corrected chi connectivity index (χ4v) is 1.69. The minimum Gasteiger partial charge on any atom is -0.491 e. The molecule has 0 aliphatic carbocycles. The molecule has 3 nitrogen and oxygen atoms in total. The molecule has 0 aromatic heterocycles. The molecule has 0 spiro atoms. The van der Waals surface area contributed by atoms with Crippen LogP contribution in [0.15, 0.2) is 18.2 Å². The molecule has 0 bridgehead atoms. The number of likely N-dealkylation sites (N-methyl/N-ethyl adjacent to an activating group) is 1. The van der Waals surface area contributed by atoms with Crippen LogP contribution in [0.3, 0.4) is 0 Å². The second-order valence-electron chi connectivity index (χ2n) is 3.63. The maximum absolute atomic E-state index is 8.93. The molecule has 17 heavy (non-hydrogen) atoms. The summed E-state index contributed by atoms with van der Waals surface area (Å²) in [6, 6.07) is 7.14. The van der Waals surface area contributed by atoms with Gasteiger partial charge in [-0.15, -0.1) is 0 Å². The molecule has 0 radical (unpaired) electrons. The molecular formula is C13H17ClN2O. The summed E-state index contributed by atoms with van der Waals surface area (Å²) in [4.78, 5) is 2.26. The van der Waals surface area contributed by atoms with Crippen LogP contribution < -0.4 is 4.74 Å². The van der Waals surface area contributed by atoms with Crippen LogP contribution in [0, 0.1) is 11.3 Å². The number of hydrogen-bond acceptors (Lipinski definition) is 3. The van der Waals surface area contributed by atoms with E-state index < -0.39 is 0 Å². The number of halogens is 1. The van der Waals surface area contributed by atoms with Crippen molar-refractivity contribution in [2.45, 2.75) is 13.8 Å². The molecule has 0 fully saturated rings. The van der Waals surface area contributed by atoms with Gasteiger partial charge in [-0.3, -0.25) is 0 Å². The lowest BCUT2D eigenvalue weighted by molar-refractivity contribution is 0.222. The maximum atomic E-state index is 8.93. The van der Waals surface area contributed by atoms with Crippen molar-refractivity contribution < 1.29 is 4.74 Å². The number of ether oxygens (including phenoxy) is 1. The Morgan fingerprint density at radius 3 is 2.65 bits per heavy atom. The topological polar surface area (TPSA) is 36.3 Å². The third-order valence-electron chi connectivity index (χ3n) is 2.62. The van der Waals surface area contributed by atoms with Crippen LogP contribution >= 0.6 is 11.6 Å². The molecule has 1 aromatic carbocycles. The van der Waals surface area contributed by atoms with Crippen LogP contribution in [-0.2, 0) is 0 Å². The Kier molecular flexibility index (Phi) is 5.82. The fourth-order valence-electron chi connectivity index (χ4n) is 1.53. The highest BCUT2D eigenvalue weighted by Crippen LogP contribution is 2.22. The van der Waals surface area contributed by atoms with Gasteiger partial charge in [0, 0.05) is 17.6 Å². The Labute approximate surface area is 108 Å². The van der Waals surface area contributed by atoms with Crippen LogP contribution in [0.2, 0.25) is 5.02 Å². The molecule has 1 aromatic rings. The standard InChI is InChI=1S/C13H17ClN2O/c1-3-16(4-2)7-8-17-13-9-12(14)6-5-11(13)10-15/h5-6,9H,3-4,7-8H2,1-2H3. The van der Waals surface area contributed by atoms with Crippen molar-refractivity contribution in [3.05, 3.63) is 28.8 Å².